The van der Waals surface area contributed by atoms with Gasteiger partial charge in [-0.2, -0.15) is 0 Å². The molecule has 1 heterocycles. The molecule has 0 aliphatic carbocycles. The van der Waals surface area contributed by atoms with Crippen LogP contribution < -0.4 is 14.9 Å². The van der Waals surface area contributed by atoms with Crippen molar-refractivity contribution in [3.63, 3.8) is 0 Å². The predicted octanol–water partition coefficient (Wildman–Crippen LogP) is 2.95. The first kappa shape index (κ1) is 18.0. The molecule has 3 aromatic rings. The Kier molecular flexibility index (Phi) is 4.27. The van der Waals surface area contributed by atoms with Gasteiger partial charge in [0.2, 0.25) is 11.8 Å². The summed E-state index contributed by atoms with van der Waals surface area (Å²) < 4.78 is 26.9. The molecule has 7 nitrogen and oxygen atoms in total. The lowest BCUT2D eigenvalue weighted by Crippen LogP contribution is -2.35. The average molecular weight is 395 g/mol. The summed E-state index contributed by atoms with van der Waals surface area (Å²) in [6.45, 7) is 1.08. The van der Waals surface area contributed by atoms with Crippen LogP contribution in [0.1, 0.15) is 6.92 Å². The number of carbonyl (C=O) groups excluding carboxylic acids is 2. The normalized spacial score (nSPS) is 14.1. The van der Waals surface area contributed by atoms with E-state index >= 15 is 0 Å². The van der Waals surface area contributed by atoms with Crippen LogP contribution >= 0.6 is 0 Å². The van der Waals surface area contributed by atoms with E-state index in [0.717, 1.165) is 9.69 Å². The van der Waals surface area contributed by atoms with Crippen LogP contribution in [0, 0.1) is 0 Å². The van der Waals surface area contributed by atoms with Crippen molar-refractivity contribution in [2.75, 3.05) is 21.5 Å². The highest BCUT2D eigenvalue weighted by Crippen LogP contribution is 2.41. The first-order valence-electron chi connectivity index (χ1n) is 8.58. The fourth-order valence-corrected chi connectivity index (χ4v) is 4.97. The summed E-state index contributed by atoms with van der Waals surface area (Å²) in [5.74, 6) is -0.648. The smallest absolute Gasteiger partial charge is 0.265 e. The second-order valence-electron chi connectivity index (χ2n) is 6.45. The van der Waals surface area contributed by atoms with Gasteiger partial charge in [0, 0.05) is 23.7 Å². The third kappa shape index (κ3) is 3.07. The molecule has 142 valence electrons. The number of hydrogen-bond donors (Lipinski definition) is 2. The molecule has 2 N–H and O–H groups in total. The summed E-state index contributed by atoms with van der Waals surface area (Å²) in [7, 11) is -3.78. The number of amides is 2. The third-order valence-corrected chi connectivity index (χ3v) is 6.26. The van der Waals surface area contributed by atoms with Gasteiger partial charge in [-0.05, 0) is 41.8 Å². The van der Waals surface area contributed by atoms with Gasteiger partial charge in [0.05, 0.1) is 10.6 Å². The van der Waals surface area contributed by atoms with Gasteiger partial charge >= 0.3 is 0 Å². The van der Waals surface area contributed by atoms with Crippen molar-refractivity contribution in [1.82, 2.24) is 0 Å². The van der Waals surface area contributed by atoms with Crippen LogP contribution in [0.3, 0.4) is 0 Å². The van der Waals surface area contributed by atoms with Crippen LogP contribution in [0.5, 0.6) is 0 Å². The van der Waals surface area contributed by atoms with Gasteiger partial charge in [0.1, 0.15) is 6.54 Å². The summed E-state index contributed by atoms with van der Waals surface area (Å²) in [5, 5.41) is 6.78. The molecule has 8 heteroatoms. The maximum atomic E-state index is 12.9. The zero-order chi connectivity index (χ0) is 19.9. The van der Waals surface area contributed by atoms with E-state index in [-0.39, 0.29) is 17.3 Å². The second-order valence-corrected chi connectivity index (χ2v) is 8.28. The Morgan fingerprint density at radius 2 is 1.50 bits per heavy atom. The topological polar surface area (TPSA) is 95.6 Å². The minimum absolute atomic E-state index is 0.190. The Labute approximate surface area is 162 Å². The molecule has 0 radical (unpaired) electrons. The molecule has 0 atom stereocenters. The van der Waals surface area contributed by atoms with Gasteiger partial charge in [-0.25, -0.2) is 8.42 Å². The molecule has 4 rings (SSSR count). The Hall–Kier alpha value is -3.39. The van der Waals surface area contributed by atoms with E-state index in [9.17, 15) is 18.0 Å². The van der Waals surface area contributed by atoms with Crippen molar-refractivity contribution in [2.24, 2.45) is 0 Å². The van der Waals surface area contributed by atoms with Crippen LogP contribution in [0.4, 0.5) is 17.1 Å². The lowest BCUT2D eigenvalue weighted by Gasteiger charge is -2.18. The van der Waals surface area contributed by atoms with Crippen molar-refractivity contribution in [3.05, 3.63) is 60.7 Å². The van der Waals surface area contributed by atoms with E-state index in [2.05, 4.69) is 10.6 Å². The van der Waals surface area contributed by atoms with Crippen molar-refractivity contribution in [2.45, 2.75) is 11.8 Å². The number of carbonyl (C=O) groups is 2. The van der Waals surface area contributed by atoms with Gasteiger partial charge < -0.3 is 10.6 Å². The summed E-state index contributed by atoms with van der Waals surface area (Å²) in [5.41, 5.74) is 1.62. The molecule has 1 aliphatic rings. The number of benzene rings is 3. The highest BCUT2D eigenvalue weighted by molar-refractivity contribution is 7.93. The number of nitrogens with one attached hydrogen (secondary N) is 2. The second kappa shape index (κ2) is 6.65. The lowest BCUT2D eigenvalue weighted by molar-refractivity contribution is -0.115. The maximum Gasteiger partial charge on any atom is 0.265 e. The zero-order valence-electron chi connectivity index (χ0n) is 15.0. The predicted molar refractivity (Wildman–Crippen MR) is 108 cm³/mol. The molecule has 0 unspecified atom stereocenters. The van der Waals surface area contributed by atoms with E-state index in [1.807, 2.05) is 12.1 Å². The van der Waals surface area contributed by atoms with Crippen molar-refractivity contribution in [3.8, 4) is 0 Å². The Balaban J connectivity index is 1.56. The number of hydrogen-bond acceptors (Lipinski definition) is 4. The summed E-state index contributed by atoms with van der Waals surface area (Å²) in [6, 6.07) is 17.0. The molecule has 0 bridgehead atoms. The molecule has 0 saturated carbocycles. The molecular formula is C20H17N3O4S. The number of sulfonamides is 1. The molecule has 0 aromatic heterocycles. The number of rotatable bonds is 4. The molecule has 1 aliphatic heterocycles. The standard InChI is InChI=1S/C20H17N3O4S/c1-13(24)21-15-8-10-16(11-9-15)22-19(25)12-23-17-6-2-4-14-5-3-7-18(20(14)17)28(23,26)27/h2-11H,12H2,1H3,(H,21,24)(H,22,25). The van der Waals surface area contributed by atoms with E-state index in [0.29, 0.717) is 22.4 Å². The third-order valence-electron chi connectivity index (χ3n) is 4.46. The van der Waals surface area contributed by atoms with Crippen molar-refractivity contribution < 1.29 is 18.0 Å². The van der Waals surface area contributed by atoms with Gasteiger partial charge in [0.25, 0.3) is 10.0 Å². The Morgan fingerprint density at radius 3 is 2.14 bits per heavy atom. The Bertz CT molecular complexity index is 1200. The van der Waals surface area contributed by atoms with Crippen LogP contribution in [0.25, 0.3) is 10.8 Å². The van der Waals surface area contributed by atoms with Gasteiger partial charge in [0.15, 0.2) is 0 Å². The number of nitrogens with zero attached hydrogens (tertiary/aromatic N) is 1. The monoisotopic (exact) mass is 395 g/mol. The Morgan fingerprint density at radius 1 is 0.893 bits per heavy atom. The number of anilines is 3. The van der Waals surface area contributed by atoms with Gasteiger partial charge in [-0.15, -0.1) is 0 Å². The molecule has 2 amide bonds. The van der Waals surface area contributed by atoms with Gasteiger partial charge in [-0.1, -0.05) is 24.3 Å². The molecule has 3 aromatic carbocycles. The molecule has 0 spiro atoms. The van der Waals surface area contributed by atoms with Crippen LogP contribution in [-0.2, 0) is 19.6 Å². The SMILES string of the molecule is CC(=O)Nc1ccc(NC(=O)CN2c3cccc4cccc(c34)S2(=O)=O)cc1. The molecule has 28 heavy (non-hydrogen) atoms. The molecular weight excluding hydrogens is 378 g/mol. The molecule has 0 fully saturated rings. The first-order chi connectivity index (χ1) is 13.4. The maximum absolute atomic E-state index is 12.9. The summed E-state index contributed by atoms with van der Waals surface area (Å²) in [6.07, 6.45) is 0. The quantitative estimate of drug-likeness (QED) is 0.710. The minimum Gasteiger partial charge on any atom is -0.326 e. The van der Waals surface area contributed by atoms with Crippen LogP contribution in [-0.4, -0.2) is 26.8 Å². The fourth-order valence-electron chi connectivity index (χ4n) is 3.30. The highest BCUT2D eigenvalue weighted by atomic mass is 32.2. The van der Waals surface area contributed by atoms with Crippen molar-refractivity contribution >= 4 is 49.7 Å². The van der Waals surface area contributed by atoms with E-state index < -0.39 is 15.9 Å². The van der Waals surface area contributed by atoms with E-state index in [4.69, 9.17) is 0 Å². The van der Waals surface area contributed by atoms with E-state index in [1.165, 1.54) is 6.92 Å². The van der Waals surface area contributed by atoms with Crippen LogP contribution in [0.2, 0.25) is 0 Å². The molecule has 0 saturated heterocycles. The summed E-state index contributed by atoms with van der Waals surface area (Å²) in [4.78, 5) is 23.8. The van der Waals surface area contributed by atoms with Gasteiger partial charge in [-0.3, -0.25) is 13.9 Å². The summed E-state index contributed by atoms with van der Waals surface area (Å²) >= 11 is 0. The van der Waals surface area contributed by atoms with E-state index in [1.54, 1.807) is 48.5 Å². The average Bonchev–Trinajstić information content (AvgIpc) is 2.86. The first-order valence-corrected chi connectivity index (χ1v) is 10.0. The lowest BCUT2D eigenvalue weighted by atomic mass is 10.1. The van der Waals surface area contributed by atoms with Crippen LogP contribution in [0.15, 0.2) is 65.6 Å². The largest absolute Gasteiger partial charge is 0.326 e. The zero-order valence-corrected chi connectivity index (χ0v) is 15.8. The van der Waals surface area contributed by atoms with Crippen molar-refractivity contribution in [1.29, 1.82) is 0 Å². The fraction of sp³-hybridized carbons (Fsp3) is 0.100. The highest BCUT2D eigenvalue weighted by Gasteiger charge is 2.36. The minimum atomic E-state index is -3.78.